The standard InChI is InChI=1S/C13H21N5O2/c1-9-12(18(19)20)13(16(2)15-9)14-7-10-5-6-17(8-10)11-3-4-11/h10-11,14H,3-8H2,1-2H3. The Morgan fingerprint density at radius 3 is 2.85 bits per heavy atom. The molecule has 7 heteroatoms. The van der Waals surface area contributed by atoms with Gasteiger partial charge in [-0.15, -0.1) is 0 Å². The van der Waals surface area contributed by atoms with E-state index >= 15 is 0 Å². The molecule has 1 saturated carbocycles. The van der Waals surface area contributed by atoms with Crippen molar-refractivity contribution >= 4 is 11.5 Å². The Balaban J connectivity index is 1.62. The number of hydrogen-bond acceptors (Lipinski definition) is 5. The third-order valence-corrected chi connectivity index (χ3v) is 4.31. The molecule has 0 spiro atoms. The van der Waals surface area contributed by atoms with Gasteiger partial charge in [0.15, 0.2) is 0 Å². The zero-order valence-corrected chi connectivity index (χ0v) is 12.0. The minimum Gasteiger partial charge on any atom is -0.364 e. The fourth-order valence-electron chi connectivity index (χ4n) is 3.11. The minimum absolute atomic E-state index is 0.101. The maximum Gasteiger partial charge on any atom is 0.333 e. The normalized spacial score (nSPS) is 23.2. The molecule has 1 aliphatic heterocycles. The fourth-order valence-corrected chi connectivity index (χ4v) is 3.11. The molecular formula is C13H21N5O2. The Labute approximate surface area is 118 Å². The molecule has 20 heavy (non-hydrogen) atoms. The Bertz CT molecular complexity index is 523. The highest BCUT2D eigenvalue weighted by Crippen LogP contribution is 2.32. The van der Waals surface area contributed by atoms with Crippen LogP contribution < -0.4 is 5.32 Å². The lowest BCUT2D eigenvalue weighted by Crippen LogP contribution is -2.25. The van der Waals surface area contributed by atoms with Crippen LogP contribution in [-0.2, 0) is 7.05 Å². The highest BCUT2D eigenvalue weighted by atomic mass is 16.6. The molecule has 0 amide bonds. The van der Waals surface area contributed by atoms with Crippen molar-refractivity contribution in [1.82, 2.24) is 14.7 Å². The zero-order chi connectivity index (χ0) is 14.3. The summed E-state index contributed by atoms with van der Waals surface area (Å²) in [7, 11) is 1.74. The second-order valence-electron chi connectivity index (χ2n) is 5.93. The Morgan fingerprint density at radius 1 is 1.45 bits per heavy atom. The van der Waals surface area contributed by atoms with Gasteiger partial charge in [-0.25, -0.2) is 4.68 Å². The molecule has 0 bridgehead atoms. The summed E-state index contributed by atoms with van der Waals surface area (Å²) in [6.07, 6.45) is 3.85. The predicted octanol–water partition coefficient (Wildman–Crippen LogP) is 1.53. The van der Waals surface area contributed by atoms with Gasteiger partial charge in [0.25, 0.3) is 0 Å². The molecule has 2 aliphatic rings. The molecule has 0 radical (unpaired) electrons. The van der Waals surface area contributed by atoms with Crippen LogP contribution in [0.25, 0.3) is 0 Å². The topological polar surface area (TPSA) is 76.2 Å². The summed E-state index contributed by atoms with van der Waals surface area (Å²) in [4.78, 5) is 13.3. The molecular weight excluding hydrogens is 258 g/mol. The SMILES string of the molecule is Cc1nn(C)c(NCC2CCN(C3CC3)C2)c1[N+](=O)[O-]. The number of aromatic nitrogens is 2. The molecule has 110 valence electrons. The number of nitrogens with one attached hydrogen (secondary N) is 1. The molecule has 1 aromatic rings. The highest BCUT2D eigenvalue weighted by Gasteiger charge is 2.34. The monoisotopic (exact) mass is 279 g/mol. The van der Waals surface area contributed by atoms with Crippen molar-refractivity contribution in [2.75, 3.05) is 25.0 Å². The molecule has 1 aliphatic carbocycles. The van der Waals surface area contributed by atoms with Crippen molar-refractivity contribution in [3.05, 3.63) is 15.8 Å². The van der Waals surface area contributed by atoms with E-state index in [-0.39, 0.29) is 10.6 Å². The van der Waals surface area contributed by atoms with Crippen molar-refractivity contribution in [2.24, 2.45) is 13.0 Å². The Morgan fingerprint density at radius 2 is 2.20 bits per heavy atom. The van der Waals surface area contributed by atoms with Crippen LogP contribution in [0.4, 0.5) is 11.5 Å². The van der Waals surface area contributed by atoms with Crippen LogP contribution in [0.3, 0.4) is 0 Å². The van der Waals surface area contributed by atoms with E-state index < -0.39 is 0 Å². The van der Waals surface area contributed by atoms with Gasteiger partial charge in [-0.3, -0.25) is 10.1 Å². The van der Waals surface area contributed by atoms with Gasteiger partial charge < -0.3 is 10.2 Å². The first-order valence-corrected chi connectivity index (χ1v) is 7.22. The summed E-state index contributed by atoms with van der Waals surface area (Å²) < 4.78 is 1.57. The highest BCUT2D eigenvalue weighted by molar-refractivity contribution is 5.59. The first-order valence-electron chi connectivity index (χ1n) is 7.22. The Kier molecular flexibility index (Phi) is 3.37. The number of likely N-dealkylation sites (tertiary alicyclic amines) is 1. The van der Waals surface area contributed by atoms with Gasteiger partial charge in [0.05, 0.1) is 4.92 Å². The predicted molar refractivity (Wildman–Crippen MR) is 75.8 cm³/mol. The number of nitro groups is 1. The van der Waals surface area contributed by atoms with Crippen molar-refractivity contribution in [3.63, 3.8) is 0 Å². The van der Waals surface area contributed by atoms with E-state index in [1.54, 1.807) is 18.7 Å². The largest absolute Gasteiger partial charge is 0.364 e. The number of hydrogen-bond donors (Lipinski definition) is 1. The number of nitrogens with zero attached hydrogens (tertiary/aromatic N) is 4. The van der Waals surface area contributed by atoms with Crippen LogP contribution in [0.1, 0.15) is 25.0 Å². The van der Waals surface area contributed by atoms with E-state index in [0.717, 1.165) is 19.1 Å². The summed E-state index contributed by atoms with van der Waals surface area (Å²) in [6.45, 7) is 4.74. The van der Waals surface area contributed by atoms with Crippen molar-refractivity contribution in [1.29, 1.82) is 0 Å². The number of aryl methyl sites for hydroxylation is 2. The van der Waals surface area contributed by atoms with Crippen LogP contribution in [-0.4, -0.2) is 45.3 Å². The summed E-state index contributed by atoms with van der Waals surface area (Å²) in [5.41, 5.74) is 0.565. The lowest BCUT2D eigenvalue weighted by atomic mass is 10.1. The summed E-state index contributed by atoms with van der Waals surface area (Å²) in [5.74, 6) is 1.10. The number of anilines is 1. The van der Waals surface area contributed by atoms with Crippen LogP contribution in [0.2, 0.25) is 0 Å². The van der Waals surface area contributed by atoms with Crippen LogP contribution in [0.5, 0.6) is 0 Å². The molecule has 7 nitrogen and oxygen atoms in total. The molecule has 3 rings (SSSR count). The molecule has 1 N–H and O–H groups in total. The third kappa shape index (κ3) is 2.49. The third-order valence-electron chi connectivity index (χ3n) is 4.31. The number of rotatable bonds is 5. The smallest absolute Gasteiger partial charge is 0.333 e. The van der Waals surface area contributed by atoms with Crippen molar-refractivity contribution in [3.8, 4) is 0 Å². The van der Waals surface area contributed by atoms with Gasteiger partial charge in [-0.1, -0.05) is 0 Å². The molecule has 2 fully saturated rings. The van der Waals surface area contributed by atoms with E-state index in [1.807, 2.05) is 0 Å². The molecule has 1 atom stereocenters. The maximum atomic E-state index is 11.1. The van der Waals surface area contributed by atoms with Crippen LogP contribution >= 0.6 is 0 Å². The van der Waals surface area contributed by atoms with Gasteiger partial charge in [-0.2, -0.15) is 5.10 Å². The summed E-state index contributed by atoms with van der Waals surface area (Å²) >= 11 is 0. The van der Waals surface area contributed by atoms with Gasteiger partial charge >= 0.3 is 5.69 Å². The van der Waals surface area contributed by atoms with Gasteiger partial charge in [0.1, 0.15) is 5.69 Å². The van der Waals surface area contributed by atoms with E-state index in [4.69, 9.17) is 0 Å². The quantitative estimate of drug-likeness (QED) is 0.653. The van der Waals surface area contributed by atoms with Crippen molar-refractivity contribution < 1.29 is 4.92 Å². The van der Waals surface area contributed by atoms with E-state index in [2.05, 4.69) is 15.3 Å². The van der Waals surface area contributed by atoms with Crippen LogP contribution in [0, 0.1) is 23.0 Å². The van der Waals surface area contributed by atoms with E-state index in [9.17, 15) is 10.1 Å². The van der Waals surface area contributed by atoms with Gasteiger partial charge in [-0.05, 0) is 38.6 Å². The van der Waals surface area contributed by atoms with Crippen molar-refractivity contribution in [2.45, 2.75) is 32.2 Å². The second-order valence-corrected chi connectivity index (χ2v) is 5.93. The van der Waals surface area contributed by atoms with E-state index in [0.29, 0.717) is 17.4 Å². The minimum atomic E-state index is -0.351. The Hall–Kier alpha value is -1.63. The average molecular weight is 279 g/mol. The molecule has 1 unspecified atom stereocenters. The van der Waals surface area contributed by atoms with Gasteiger partial charge in [0.2, 0.25) is 5.82 Å². The average Bonchev–Trinajstić information content (AvgIpc) is 3.05. The van der Waals surface area contributed by atoms with Gasteiger partial charge in [0, 0.05) is 26.2 Å². The first-order chi connectivity index (χ1) is 9.56. The molecule has 1 aromatic heterocycles. The summed E-state index contributed by atoms with van der Waals surface area (Å²) in [6, 6.07) is 0.813. The van der Waals surface area contributed by atoms with Crippen LogP contribution in [0.15, 0.2) is 0 Å². The fraction of sp³-hybridized carbons (Fsp3) is 0.769. The maximum absolute atomic E-state index is 11.1. The van der Waals surface area contributed by atoms with E-state index in [1.165, 1.54) is 25.8 Å². The lowest BCUT2D eigenvalue weighted by molar-refractivity contribution is -0.384. The second kappa shape index (κ2) is 5.05. The molecule has 1 saturated heterocycles. The zero-order valence-electron chi connectivity index (χ0n) is 12.0. The lowest BCUT2D eigenvalue weighted by Gasteiger charge is -2.15. The summed E-state index contributed by atoms with van der Waals surface area (Å²) in [5, 5.41) is 18.5. The molecule has 0 aromatic carbocycles. The first kappa shape index (κ1) is 13.4. The molecule has 2 heterocycles.